The number of furan rings is 1. The smallest absolute Gasteiger partial charge is 0.263 e. The molecule has 0 bridgehead atoms. The molecule has 0 fully saturated rings. The van der Waals surface area contributed by atoms with Crippen molar-refractivity contribution in [3.05, 3.63) is 75.3 Å². The second-order valence-electron chi connectivity index (χ2n) is 6.83. The third-order valence-electron chi connectivity index (χ3n) is 4.61. The summed E-state index contributed by atoms with van der Waals surface area (Å²) in [6.07, 6.45) is 2.53. The summed E-state index contributed by atoms with van der Waals surface area (Å²) in [6.45, 7) is 4.31. The Kier molecular flexibility index (Phi) is 6.06. The van der Waals surface area contributed by atoms with E-state index in [4.69, 9.17) is 4.42 Å². The first-order valence-electron chi connectivity index (χ1n) is 9.58. The molecular weight excluding hydrogens is 418 g/mol. The molecule has 3 heterocycles. The molecule has 0 aliphatic rings. The summed E-state index contributed by atoms with van der Waals surface area (Å²) < 4.78 is 6.99. The van der Waals surface area contributed by atoms with Crippen molar-refractivity contribution in [2.75, 3.05) is 11.1 Å². The molecule has 0 radical (unpaired) electrons. The summed E-state index contributed by atoms with van der Waals surface area (Å²) in [4.78, 5) is 31.9. The van der Waals surface area contributed by atoms with E-state index in [2.05, 4.69) is 17.2 Å². The number of hydrogen-bond acceptors (Lipinski definition) is 6. The zero-order valence-corrected chi connectivity index (χ0v) is 18.3. The van der Waals surface area contributed by atoms with Crippen molar-refractivity contribution in [1.82, 2.24) is 9.55 Å². The first-order valence-corrected chi connectivity index (χ1v) is 11.4. The Morgan fingerprint density at radius 2 is 2.07 bits per heavy atom. The Bertz CT molecular complexity index is 1230. The number of hydrogen-bond donors (Lipinski definition) is 1. The molecule has 0 aliphatic heterocycles. The minimum Gasteiger partial charge on any atom is -0.467 e. The van der Waals surface area contributed by atoms with E-state index < -0.39 is 0 Å². The Hall–Kier alpha value is -2.84. The van der Waals surface area contributed by atoms with Gasteiger partial charge in [0.15, 0.2) is 5.16 Å². The van der Waals surface area contributed by atoms with Crippen LogP contribution in [0, 0.1) is 6.92 Å². The summed E-state index contributed by atoms with van der Waals surface area (Å²) >= 11 is 2.72. The van der Waals surface area contributed by atoms with Crippen LogP contribution in [0.5, 0.6) is 0 Å². The highest BCUT2D eigenvalue weighted by molar-refractivity contribution is 7.99. The number of fused-ring (bicyclic) bond motifs is 1. The third kappa shape index (κ3) is 4.49. The number of aryl methyl sites for hydroxylation is 2. The van der Waals surface area contributed by atoms with Gasteiger partial charge in [0.25, 0.3) is 5.56 Å². The zero-order chi connectivity index (χ0) is 21.1. The number of thioether (sulfide) groups is 1. The number of nitrogens with zero attached hydrogens (tertiary/aromatic N) is 2. The van der Waals surface area contributed by atoms with Gasteiger partial charge in [0.05, 0.1) is 23.9 Å². The van der Waals surface area contributed by atoms with Gasteiger partial charge < -0.3 is 9.73 Å². The molecular formula is C22H21N3O3S2. The number of carbonyl (C=O) groups excluding carboxylic acids is 1. The van der Waals surface area contributed by atoms with Crippen molar-refractivity contribution in [3.8, 4) is 0 Å². The minimum atomic E-state index is -0.148. The van der Waals surface area contributed by atoms with Gasteiger partial charge in [-0.1, -0.05) is 30.8 Å². The Balaban J connectivity index is 1.55. The predicted molar refractivity (Wildman–Crippen MR) is 122 cm³/mol. The monoisotopic (exact) mass is 439 g/mol. The molecule has 154 valence electrons. The van der Waals surface area contributed by atoms with E-state index in [1.165, 1.54) is 28.7 Å². The van der Waals surface area contributed by atoms with Crippen molar-refractivity contribution >= 4 is 44.9 Å². The van der Waals surface area contributed by atoms with Crippen molar-refractivity contribution in [2.45, 2.75) is 32.0 Å². The first-order chi connectivity index (χ1) is 14.5. The Morgan fingerprint density at radius 3 is 2.77 bits per heavy atom. The fraction of sp³-hybridized carbons (Fsp3) is 0.227. The van der Waals surface area contributed by atoms with Crippen LogP contribution < -0.4 is 10.9 Å². The molecule has 4 rings (SSSR count). The summed E-state index contributed by atoms with van der Waals surface area (Å²) in [5.41, 5.74) is 1.84. The highest BCUT2D eigenvalue weighted by atomic mass is 32.2. The number of thiophene rings is 1. The Morgan fingerprint density at radius 1 is 1.27 bits per heavy atom. The number of rotatable bonds is 7. The lowest BCUT2D eigenvalue weighted by atomic mass is 10.1. The number of benzene rings is 1. The van der Waals surface area contributed by atoms with Crippen molar-refractivity contribution in [2.24, 2.45) is 0 Å². The summed E-state index contributed by atoms with van der Waals surface area (Å²) in [7, 11) is 0. The fourth-order valence-electron chi connectivity index (χ4n) is 3.08. The van der Waals surface area contributed by atoms with Gasteiger partial charge in [0, 0.05) is 10.6 Å². The molecule has 8 heteroatoms. The lowest BCUT2D eigenvalue weighted by Crippen LogP contribution is -2.24. The van der Waals surface area contributed by atoms with E-state index in [-0.39, 0.29) is 23.8 Å². The van der Waals surface area contributed by atoms with E-state index in [0.717, 1.165) is 17.0 Å². The van der Waals surface area contributed by atoms with Gasteiger partial charge in [-0.05, 0) is 49.2 Å². The van der Waals surface area contributed by atoms with Gasteiger partial charge in [-0.25, -0.2) is 4.98 Å². The van der Waals surface area contributed by atoms with Crippen LogP contribution in [0.25, 0.3) is 10.2 Å². The van der Waals surface area contributed by atoms with Gasteiger partial charge in [-0.3, -0.25) is 14.2 Å². The molecule has 1 N–H and O–H groups in total. The lowest BCUT2D eigenvalue weighted by Gasteiger charge is -2.11. The summed E-state index contributed by atoms with van der Waals surface area (Å²) in [6, 6.07) is 13.2. The SMILES string of the molecule is CCc1ccc(NC(=O)CSc2nc3sc(C)cc3c(=O)n2Cc2ccco2)cc1. The van der Waals surface area contributed by atoms with Crippen LogP contribution >= 0.6 is 23.1 Å². The highest BCUT2D eigenvalue weighted by Crippen LogP contribution is 2.25. The Labute approximate surface area is 181 Å². The molecule has 0 saturated carbocycles. The van der Waals surface area contributed by atoms with Gasteiger partial charge in [0.1, 0.15) is 10.6 Å². The average Bonchev–Trinajstić information content (AvgIpc) is 3.38. The van der Waals surface area contributed by atoms with Gasteiger partial charge in [0.2, 0.25) is 5.91 Å². The second-order valence-corrected chi connectivity index (χ2v) is 9.01. The maximum Gasteiger partial charge on any atom is 0.263 e. The molecule has 0 saturated heterocycles. The molecule has 1 amide bonds. The van der Waals surface area contributed by atoms with E-state index in [0.29, 0.717) is 21.1 Å². The molecule has 0 aliphatic carbocycles. The van der Waals surface area contributed by atoms with Gasteiger partial charge in [-0.15, -0.1) is 11.3 Å². The fourth-order valence-corrected chi connectivity index (χ4v) is 4.80. The lowest BCUT2D eigenvalue weighted by molar-refractivity contribution is -0.113. The number of amides is 1. The second kappa shape index (κ2) is 8.89. The molecule has 30 heavy (non-hydrogen) atoms. The van der Waals surface area contributed by atoms with Crippen LogP contribution in [0.2, 0.25) is 0 Å². The molecule has 4 aromatic rings. The number of nitrogens with one attached hydrogen (secondary N) is 1. The van der Waals surface area contributed by atoms with Gasteiger partial charge >= 0.3 is 0 Å². The van der Waals surface area contributed by atoms with Crippen LogP contribution in [-0.2, 0) is 17.8 Å². The topological polar surface area (TPSA) is 77.1 Å². The molecule has 0 spiro atoms. The van der Waals surface area contributed by atoms with Crippen LogP contribution in [0.15, 0.2) is 63.1 Å². The molecule has 3 aromatic heterocycles. The number of carbonyl (C=O) groups is 1. The average molecular weight is 440 g/mol. The normalized spacial score (nSPS) is 11.1. The van der Waals surface area contributed by atoms with Crippen molar-refractivity contribution in [1.29, 1.82) is 0 Å². The van der Waals surface area contributed by atoms with E-state index in [1.54, 1.807) is 16.9 Å². The van der Waals surface area contributed by atoms with Crippen molar-refractivity contribution in [3.63, 3.8) is 0 Å². The minimum absolute atomic E-state index is 0.126. The third-order valence-corrected chi connectivity index (χ3v) is 6.53. The summed E-state index contributed by atoms with van der Waals surface area (Å²) in [5.74, 6) is 0.661. The molecule has 1 aromatic carbocycles. The van der Waals surface area contributed by atoms with Crippen LogP contribution in [0.3, 0.4) is 0 Å². The molecule has 6 nitrogen and oxygen atoms in total. The number of anilines is 1. The van der Waals surface area contributed by atoms with Crippen LogP contribution in [0.1, 0.15) is 23.1 Å². The van der Waals surface area contributed by atoms with Crippen LogP contribution in [-0.4, -0.2) is 21.2 Å². The van der Waals surface area contributed by atoms with Crippen LogP contribution in [0.4, 0.5) is 5.69 Å². The largest absolute Gasteiger partial charge is 0.467 e. The standard InChI is InChI=1S/C22H21N3O3S2/c1-3-15-6-8-16(9-7-15)23-19(26)13-29-22-24-20-18(11-14(2)30-20)21(27)25(22)12-17-5-4-10-28-17/h4-11H,3,12-13H2,1-2H3,(H,23,26). The first kappa shape index (κ1) is 20.4. The number of aromatic nitrogens is 2. The zero-order valence-electron chi connectivity index (χ0n) is 16.7. The quantitative estimate of drug-likeness (QED) is 0.334. The maximum atomic E-state index is 13.1. The molecule has 0 atom stereocenters. The van der Waals surface area contributed by atoms with E-state index in [9.17, 15) is 9.59 Å². The molecule has 0 unspecified atom stereocenters. The maximum absolute atomic E-state index is 13.1. The predicted octanol–water partition coefficient (Wildman–Crippen LogP) is 4.70. The van der Waals surface area contributed by atoms with E-state index >= 15 is 0 Å². The van der Waals surface area contributed by atoms with Crippen molar-refractivity contribution < 1.29 is 9.21 Å². The summed E-state index contributed by atoms with van der Waals surface area (Å²) in [5, 5.41) is 3.99. The van der Waals surface area contributed by atoms with Gasteiger partial charge in [-0.2, -0.15) is 0 Å². The highest BCUT2D eigenvalue weighted by Gasteiger charge is 2.16. The van der Waals surface area contributed by atoms with E-state index in [1.807, 2.05) is 43.3 Å².